The quantitative estimate of drug-likeness (QED) is 0.790. The molecule has 0 saturated carbocycles. The lowest BCUT2D eigenvalue weighted by Gasteiger charge is -1.94. The van der Waals surface area contributed by atoms with Crippen molar-refractivity contribution in [3.05, 3.63) is 24.1 Å². The van der Waals surface area contributed by atoms with E-state index in [0.717, 1.165) is 0 Å². The number of hydrogen-bond acceptors (Lipinski definition) is 6. The Kier molecular flexibility index (Phi) is 3.40. The number of hydrogen-bond donors (Lipinski definition) is 0. The summed E-state index contributed by atoms with van der Waals surface area (Å²) in [7, 11) is 1.43. The fourth-order valence-corrected chi connectivity index (χ4v) is 1.93. The van der Waals surface area contributed by atoms with Gasteiger partial charge < -0.3 is 4.52 Å². The Hall–Kier alpha value is -1.41. The largest absolute Gasteiger partial charge is 0.339 e. The van der Waals surface area contributed by atoms with Crippen molar-refractivity contribution >= 4 is 19.7 Å². The number of aromatic nitrogens is 4. The van der Waals surface area contributed by atoms with Crippen LogP contribution in [0.1, 0.15) is 31.5 Å². The third-order valence-corrected chi connectivity index (χ3v) is 3.48. The highest BCUT2D eigenvalue weighted by atomic mass is 35.7. The van der Waals surface area contributed by atoms with E-state index >= 15 is 0 Å². The minimum absolute atomic E-state index is 0.0586. The standard InChI is InChI=1S/C9H11ClN4O3S/c1-6(2)9-12-8(13-17-9)5-14-4-7(3-11-14)18(10,15)16/h3-4,6H,5H2,1-2H3. The van der Waals surface area contributed by atoms with Gasteiger partial charge in [-0.1, -0.05) is 19.0 Å². The van der Waals surface area contributed by atoms with E-state index in [-0.39, 0.29) is 17.4 Å². The normalized spacial score (nSPS) is 12.2. The van der Waals surface area contributed by atoms with Crippen molar-refractivity contribution in [2.45, 2.75) is 31.2 Å². The summed E-state index contributed by atoms with van der Waals surface area (Å²) in [5.41, 5.74) is 0. The van der Waals surface area contributed by atoms with Gasteiger partial charge in [0.2, 0.25) is 5.89 Å². The Morgan fingerprint density at radius 3 is 2.72 bits per heavy atom. The average molecular weight is 291 g/mol. The van der Waals surface area contributed by atoms with Gasteiger partial charge in [0.25, 0.3) is 9.05 Å². The van der Waals surface area contributed by atoms with Crippen LogP contribution in [0.5, 0.6) is 0 Å². The second kappa shape index (κ2) is 4.69. The van der Waals surface area contributed by atoms with Gasteiger partial charge in [-0.15, -0.1) is 0 Å². The summed E-state index contributed by atoms with van der Waals surface area (Å²) < 4.78 is 28.5. The molecule has 98 valence electrons. The summed E-state index contributed by atoms with van der Waals surface area (Å²) >= 11 is 0. The van der Waals surface area contributed by atoms with Crippen molar-refractivity contribution in [1.82, 2.24) is 19.9 Å². The first-order valence-corrected chi connectivity index (χ1v) is 7.47. The van der Waals surface area contributed by atoms with Gasteiger partial charge in [0, 0.05) is 22.8 Å². The maximum atomic E-state index is 11.1. The van der Waals surface area contributed by atoms with Crippen molar-refractivity contribution < 1.29 is 12.9 Å². The van der Waals surface area contributed by atoms with Gasteiger partial charge in [-0.2, -0.15) is 10.1 Å². The van der Waals surface area contributed by atoms with Crippen LogP contribution >= 0.6 is 10.7 Å². The summed E-state index contributed by atoms with van der Waals surface area (Å²) in [4.78, 5) is 4.10. The van der Waals surface area contributed by atoms with Crippen LogP contribution in [0.4, 0.5) is 0 Å². The first-order valence-electron chi connectivity index (χ1n) is 5.16. The number of halogens is 1. The molecule has 0 aromatic carbocycles. The van der Waals surface area contributed by atoms with Gasteiger partial charge in [-0.3, -0.25) is 4.68 Å². The predicted octanol–water partition coefficient (Wildman–Crippen LogP) is 1.37. The SMILES string of the molecule is CC(C)c1nc(Cn2cc(S(=O)(=O)Cl)cn2)no1. The minimum atomic E-state index is -3.76. The van der Waals surface area contributed by atoms with Crippen LogP contribution in [0.15, 0.2) is 21.8 Å². The maximum absolute atomic E-state index is 11.1. The first kappa shape index (κ1) is 13.0. The molecule has 0 aliphatic heterocycles. The molecule has 0 aliphatic carbocycles. The predicted molar refractivity (Wildman–Crippen MR) is 62.8 cm³/mol. The van der Waals surface area contributed by atoms with E-state index in [1.807, 2.05) is 13.8 Å². The van der Waals surface area contributed by atoms with Crippen molar-refractivity contribution in [3.63, 3.8) is 0 Å². The summed E-state index contributed by atoms with van der Waals surface area (Å²) in [5, 5.41) is 7.64. The molecule has 2 rings (SSSR count). The smallest absolute Gasteiger partial charge is 0.264 e. The van der Waals surface area contributed by atoms with E-state index in [4.69, 9.17) is 15.2 Å². The molecule has 0 atom stereocenters. The zero-order chi connectivity index (χ0) is 13.3. The average Bonchev–Trinajstić information content (AvgIpc) is 2.85. The fraction of sp³-hybridized carbons (Fsp3) is 0.444. The molecule has 2 heterocycles. The van der Waals surface area contributed by atoms with Crippen LogP contribution in [0, 0.1) is 0 Å². The summed E-state index contributed by atoms with van der Waals surface area (Å²) in [6.45, 7) is 4.09. The Labute approximate surface area is 108 Å². The van der Waals surface area contributed by atoms with Crippen molar-refractivity contribution in [2.24, 2.45) is 0 Å². The summed E-state index contributed by atoms with van der Waals surface area (Å²) in [6, 6.07) is 0. The topological polar surface area (TPSA) is 90.9 Å². The van der Waals surface area contributed by atoms with Gasteiger partial charge in [-0.05, 0) is 0 Å². The Balaban J connectivity index is 2.16. The number of rotatable bonds is 4. The Morgan fingerprint density at radius 2 is 2.22 bits per heavy atom. The zero-order valence-corrected chi connectivity index (χ0v) is 11.3. The molecule has 0 N–H and O–H groups in total. The first-order chi connectivity index (χ1) is 8.36. The Bertz CT molecular complexity index is 646. The highest BCUT2D eigenvalue weighted by Gasteiger charge is 2.14. The van der Waals surface area contributed by atoms with Crippen molar-refractivity contribution in [1.29, 1.82) is 0 Å². The lowest BCUT2D eigenvalue weighted by molar-refractivity contribution is 0.359. The highest BCUT2D eigenvalue weighted by Crippen LogP contribution is 2.14. The molecule has 0 unspecified atom stereocenters. The molecule has 0 bridgehead atoms. The van der Waals surface area contributed by atoms with Crippen LogP contribution in [-0.2, 0) is 15.6 Å². The van der Waals surface area contributed by atoms with Gasteiger partial charge >= 0.3 is 0 Å². The summed E-state index contributed by atoms with van der Waals surface area (Å²) in [6.07, 6.45) is 2.49. The molecule has 18 heavy (non-hydrogen) atoms. The highest BCUT2D eigenvalue weighted by molar-refractivity contribution is 8.13. The number of nitrogens with zero attached hydrogens (tertiary/aromatic N) is 4. The minimum Gasteiger partial charge on any atom is -0.339 e. The van der Waals surface area contributed by atoms with Crippen molar-refractivity contribution in [3.8, 4) is 0 Å². The molecule has 2 aromatic heterocycles. The third kappa shape index (κ3) is 2.88. The second-order valence-electron chi connectivity index (χ2n) is 4.02. The Morgan fingerprint density at radius 1 is 1.50 bits per heavy atom. The van der Waals surface area contributed by atoms with E-state index in [2.05, 4.69) is 15.2 Å². The van der Waals surface area contributed by atoms with Crippen LogP contribution in [0.25, 0.3) is 0 Å². The molecule has 9 heteroatoms. The van der Waals surface area contributed by atoms with E-state index in [9.17, 15) is 8.42 Å². The van der Waals surface area contributed by atoms with Crippen LogP contribution in [0.2, 0.25) is 0 Å². The van der Waals surface area contributed by atoms with Gasteiger partial charge in [0.05, 0.1) is 6.20 Å². The maximum Gasteiger partial charge on any atom is 0.264 e. The molecular weight excluding hydrogens is 280 g/mol. The molecule has 2 aromatic rings. The molecule has 0 spiro atoms. The van der Waals surface area contributed by atoms with E-state index in [1.54, 1.807) is 0 Å². The van der Waals surface area contributed by atoms with Crippen LogP contribution in [0.3, 0.4) is 0 Å². The van der Waals surface area contributed by atoms with Gasteiger partial charge in [-0.25, -0.2) is 8.42 Å². The third-order valence-electron chi connectivity index (χ3n) is 2.17. The second-order valence-corrected chi connectivity index (χ2v) is 6.58. The molecule has 0 radical (unpaired) electrons. The summed E-state index contributed by atoms with van der Waals surface area (Å²) in [5.74, 6) is 1.10. The zero-order valence-electron chi connectivity index (χ0n) is 9.74. The van der Waals surface area contributed by atoms with E-state index < -0.39 is 9.05 Å². The van der Waals surface area contributed by atoms with E-state index in [0.29, 0.717) is 11.7 Å². The lowest BCUT2D eigenvalue weighted by Crippen LogP contribution is -2.02. The monoisotopic (exact) mass is 290 g/mol. The van der Waals surface area contributed by atoms with E-state index in [1.165, 1.54) is 17.1 Å². The fourth-order valence-electron chi connectivity index (χ4n) is 1.27. The molecule has 0 fully saturated rings. The molecule has 0 saturated heterocycles. The molecular formula is C9H11ClN4O3S. The molecule has 0 amide bonds. The van der Waals surface area contributed by atoms with Gasteiger partial charge in [0.1, 0.15) is 11.4 Å². The lowest BCUT2D eigenvalue weighted by atomic mass is 10.2. The van der Waals surface area contributed by atoms with Crippen molar-refractivity contribution in [2.75, 3.05) is 0 Å². The van der Waals surface area contributed by atoms with Gasteiger partial charge in [0.15, 0.2) is 5.82 Å². The molecule has 7 nitrogen and oxygen atoms in total. The van der Waals surface area contributed by atoms with Crippen LogP contribution in [-0.4, -0.2) is 28.3 Å². The van der Waals surface area contributed by atoms with Crippen LogP contribution < -0.4 is 0 Å². The molecule has 0 aliphatic rings.